The first kappa shape index (κ1) is 22.4. The Hall–Kier alpha value is -1.26. The van der Waals surface area contributed by atoms with Crippen molar-refractivity contribution in [3.63, 3.8) is 0 Å². The van der Waals surface area contributed by atoms with Gasteiger partial charge in [0.1, 0.15) is 0 Å². The summed E-state index contributed by atoms with van der Waals surface area (Å²) < 4.78 is 11.1. The van der Waals surface area contributed by atoms with E-state index in [1.165, 1.54) is 76.6 Å². The number of ether oxygens (including phenoxy) is 2. The van der Waals surface area contributed by atoms with Gasteiger partial charge in [-0.15, -0.1) is 0 Å². The lowest BCUT2D eigenvalue weighted by molar-refractivity contribution is 0.150. The molecule has 1 heterocycles. The summed E-state index contributed by atoms with van der Waals surface area (Å²) in [7, 11) is 3.45. The molecule has 0 spiro atoms. The molecular formula is C25H42N2O2. The van der Waals surface area contributed by atoms with Crippen LogP contribution in [0.15, 0.2) is 18.2 Å². The second kappa shape index (κ2) is 10.7. The molecule has 1 unspecified atom stereocenters. The fourth-order valence-electron chi connectivity index (χ4n) is 5.26. The van der Waals surface area contributed by atoms with Crippen molar-refractivity contribution in [2.75, 3.05) is 40.4 Å². The zero-order chi connectivity index (χ0) is 20.7. The molecule has 0 radical (unpaired) electrons. The fraction of sp³-hybridized carbons (Fsp3) is 0.760. The SMILES string of the molecule is COc1ccc(C2(C(CC(C)C)NCCCCN3CCCC3)CCC2)cc1OC. The first-order chi connectivity index (χ1) is 14.1. The number of likely N-dealkylation sites (tertiary alicyclic amines) is 1. The second-order valence-electron chi connectivity index (χ2n) is 9.47. The van der Waals surface area contributed by atoms with Crippen molar-refractivity contribution in [3.05, 3.63) is 23.8 Å². The summed E-state index contributed by atoms with van der Waals surface area (Å²) in [4.78, 5) is 2.63. The lowest BCUT2D eigenvalue weighted by Crippen LogP contribution is -2.53. The first-order valence-corrected chi connectivity index (χ1v) is 11.8. The molecule has 2 aliphatic rings. The van der Waals surface area contributed by atoms with Crippen LogP contribution in [-0.4, -0.2) is 51.3 Å². The monoisotopic (exact) mass is 402 g/mol. The number of nitrogens with one attached hydrogen (secondary N) is 1. The second-order valence-corrected chi connectivity index (χ2v) is 9.47. The molecule has 0 bridgehead atoms. The third kappa shape index (κ3) is 5.46. The van der Waals surface area contributed by atoms with Gasteiger partial charge in [-0.05, 0) is 94.7 Å². The van der Waals surface area contributed by atoms with Crippen molar-refractivity contribution in [2.45, 2.75) is 76.7 Å². The van der Waals surface area contributed by atoms with Gasteiger partial charge in [0.25, 0.3) is 0 Å². The number of hydrogen-bond donors (Lipinski definition) is 1. The fourth-order valence-corrected chi connectivity index (χ4v) is 5.26. The zero-order valence-electron chi connectivity index (χ0n) is 19.1. The van der Waals surface area contributed by atoms with E-state index in [2.05, 4.69) is 42.3 Å². The third-order valence-electron chi connectivity index (χ3n) is 7.07. The molecule has 1 saturated heterocycles. The minimum Gasteiger partial charge on any atom is -0.493 e. The molecule has 1 atom stereocenters. The molecule has 164 valence electrons. The normalized spacial score (nSPS) is 19.9. The molecule has 4 heteroatoms. The van der Waals surface area contributed by atoms with Crippen molar-refractivity contribution in [2.24, 2.45) is 5.92 Å². The maximum atomic E-state index is 5.61. The number of benzene rings is 1. The van der Waals surface area contributed by atoms with Gasteiger partial charge in [-0.1, -0.05) is 26.3 Å². The predicted molar refractivity (Wildman–Crippen MR) is 121 cm³/mol. The highest BCUT2D eigenvalue weighted by molar-refractivity contribution is 5.46. The van der Waals surface area contributed by atoms with Gasteiger partial charge in [-0.25, -0.2) is 0 Å². The minimum atomic E-state index is 0.235. The Kier molecular flexibility index (Phi) is 8.25. The number of rotatable bonds is 12. The van der Waals surface area contributed by atoms with Gasteiger partial charge >= 0.3 is 0 Å². The summed E-state index contributed by atoms with van der Waals surface area (Å²) in [6.07, 6.45) is 10.4. The van der Waals surface area contributed by atoms with Crippen LogP contribution < -0.4 is 14.8 Å². The van der Waals surface area contributed by atoms with Crippen LogP contribution in [0.1, 0.15) is 70.8 Å². The zero-order valence-corrected chi connectivity index (χ0v) is 19.1. The van der Waals surface area contributed by atoms with Crippen LogP contribution in [0.5, 0.6) is 11.5 Å². The average molecular weight is 403 g/mol. The summed E-state index contributed by atoms with van der Waals surface area (Å²) in [5, 5.41) is 3.99. The molecule has 29 heavy (non-hydrogen) atoms. The topological polar surface area (TPSA) is 33.7 Å². The highest BCUT2D eigenvalue weighted by atomic mass is 16.5. The Labute approximate surface area is 178 Å². The maximum absolute atomic E-state index is 5.61. The lowest BCUT2D eigenvalue weighted by Gasteiger charge is -2.49. The minimum absolute atomic E-state index is 0.235. The van der Waals surface area contributed by atoms with Crippen LogP contribution in [0.3, 0.4) is 0 Å². The summed E-state index contributed by atoms with van der Waals surface area (Å²) in [5.41, 5.74) is 1.65. The molecule has 0 amide bonds. The highest BCUT2D eigenvalue weighted by Gasteiger charge is 2.45. The van der Waals surface area contributed by atoms with E-state index in [4.69, 9.17) is 9.47 Å². The molecular weight excluding hydrogens is 360 g/mol. The van der Waals surface area contributed by atoms with Crippen LogP contribution in [0.4, 0.5) is 0 Å². The van der Waals surface area contributed by atoms with Gasteiger partial charge in [-0.3, -0.25) is 0 Å². The summed E-state index contributed by atoms with van der Waals surface area (Å²) in [6.45, 7) is 9.72. The Morgan fingerprint density at radius 1 is 1.00 bits per heavy atom. The molecule has 4 nitrogen and oxygen atoms in total. The van der Waals surface area contributed by atoms with E-state index < -0.39 is 0 Å². The van der Waals surface area contributed by atoms with E-state index >= 15 is 0 Å². The van der Waals surface area contributed by atoms with Gasteiger partial charge in [0, 0.05) is 11.5 Å². The van der Waals surface area contributed by atoms with Crippen LogP contribution in [0, 0.1) is 5.92 Å². The van der Waals surface area contributed by atoms with Crippen LogP contribution in [0.2, 0.25) is 0 Å². The Morgan fingerprint density at radius 3 is 2.31 bits per heavy atom. The summed E-state index contributed by atoms with van der Waals surface area (Å²) >= 11 is 0. The van der Waals surface area contributed by atoms with E-state index in [0.29, 0.717) is 12.0 Å². The maximum Gasteiger partial charge on any atom is 0.161 e. The largest absolute Gasteiger partial charge is 0.493 e. The third-order valence-corrected chi connectivity index (χ3v) is 7.07. The Bertz CT molecular complexity index is 621. The Balaban J connectivity index is 1.65. The molecule has 1 N–H and O–H groups in total. The van der Waals surface area contributed by atoms with Crippen molar-refractivity contribution in [3.8, 4) is 11.5 Å². The Morgan fingerprint density at radius 2 is 1.72 bits per heavy atom. The molecule has 3 rings (SSSR count). The number of nitrogens with zero attached hydrogens (tertiary/aromatic N) is 1. The molecule has 1 aromatic carbocycles. The van der Waals surface area contributed by atoms with Gasteiger partial charge in [0.15, 0.2) is 11.5 Å². The van der Waals surface area contributed by atoms with Crippen molar-refractivity contribution in [1.29, 1.82) is 0 Å². The summed E-state index contributed by atoms with van der Waals surface area (Å²) in [5.74, 6) is 2.36. The number of hydrogen-bond acceptors (Lipinski definition) is 4. The van der Waals surface area contributed by atoms with Crippen molar-refractivity contribution >= 4 is 0 Å². The molecule has 2 fully saturated rings. The van der Waals surface area contributed by atoms with Crippen LogP contribution in [-0.2, 0) is 5.41 Å². The van der Waals surface area contributed by atoms with E-state index in [1.54, 1.807) is 14.2 Å². The van der Waals surface area contributed by atoms with Crippen LogP contribution >= 0.6 is 0 Å². The van der Waals surface area contributed by atoms with Crippen molar-refractivity contribution < 1.29 is 9.47 Å². The highest BCUT2D eigenvalue weighted by Crippen LogP contribution is 2.49. The molecule has 1 aliphatic carbocycles. The van der Waals surface area contributed by atoms with Gasteiger partial charge in [0.2, 0.25) is 0 Å². The van der Waals surface area contributed by atoms with E-state index in [9.17, 15) is 0 Å². The van der Waals surface area contributed by atoms with Gasteiger partial charge in [-0.2, -0.15) is 0 Å². The van der Waals surface area contributed by atoms with Crippen molar-refractivity contribution in [1.82, 2.24) is 10.2 Å². The van der Waals surface area contributed by atoms with Gasteiger partial charge in [0.05, 0.1) is 14.2 Å². The standard InChI is InChI=1S/C25H42N2O2/c1-20(2)18-24(26-14-5-6-15-27-16-7-8-17-27)25(12-9-13-25)21-10-11-22(28-3)23(19-21)29-4/h10-11,19-20,24,26H,5-9,12-18H2,1-4H3. The molecule has 1 aliphatic heterocycles. The average Bonchev–Trinajstić information content (AvgIpc) is 3.19. The smallest absolute Gasteiger partial charge is 0.161 e. The first-order valence-electron chi connectivity index (χ1n) is 11.8. The van der Waals surface area contributed by atoms with E-state index in [0.717, 1.165) is 18.0 Å². The quantitative estimate of drug-likeness (QED) is 0.499. The van der Waals surface area contributed by atoms with Crippen LogP contribution in [0.25, 0.3) is 0 Å². The van der Waals surface area contributed by atoms with E-state index in [-0.39, 0.29) is 5.41 Å². The predicted octanol–water partition coefficient (Wildman–Crippen LogP) is 5.01. The van der Waals surface area contributed by atoms with Gasteiger partial charge < -0.3 is 19.7 Å². The summed E-state index contributed by atoms with van der Waals surface area (Å²) in [6, 6.07) is 7.10. The lowest BCUT2D eigenvalue weighted by atomic mass is 9.58. The molecule has 0 aromatic heterocycles. The molecule has 1 saturated carbocycles. The number of unbranched alkanes of at least 4 members (excludes halogenated alkanes) is 1. The molecule has 1 aromatic rings. The number of methoxy groups -OCH3 is 2. The van der Waals surface area contributed by atoms with E-state index in [1.807, 2.05) is 0 Å².